The van der Waals surface area contributed by atoms with Crippen molar-refractivity contribution >= 4 is 10.0 Å². The van der Waals surface area contributed by atoms with Crippen LogP contribution in [0.4, 0.5) is 13.2 Å². The van der Waals surface area contributed by atoms with Gasteiger partial charge in [-0.15, -0.1) is 0 Å². The van der Waals surface area contributed by atoms with Gasteiger partial charge in [0.05, 0.1) is 6.54 Å². The second-order valence-electron chi connectivity index (χ2n) is 5.02. The summed E-state index contributed by atoms with van der Waals surface area (Å²) in [7, 11) is -4.37. The number of benzene rings is 2. The molecule has 0 amide bonds. The summed E-state index contributed by atoms with van der Waals surface area (Å²) in [6, 6.07) is 8.05. The highest BCUT2D eigenvalue weighted by Gasteiger charge is 2.27. The number of sulfonamides is 1. The molecule has 24 heavy (non-hydrogen) atoms. The van der Waals surface area contributed by atoms with Gasteiger partial charge >= 0.3 is 0 Å². The van der Waals surface area contributed by atoms with Crippen LogP contribution in [0, 0.1) is 17.5 Å². The van der Waals surface area contributed by atoms with Crippen LogP contribution in [-0.4, -0.2) is 27.7 Å². The quantitative estimate of drug-likeness (QED) is 0.851. The van der Waals surface area contributed by atoms with Crippen LogP contribution in [0.2, 0.25) is 0 Å². The number of rotatable bonds is 4. The molecule has 0 aromatic heterocycles. The van der Waals surface area contributed by atoms with E-state index in [4.69, 9.17) is 9.47 Å². The van der Waals surface area contributed by atoms with E-state index >= 15 is 0 Å². The van der Waals surface area contributed by atoms with Crippen molar-refractivity contribution in [2.45, 2.75) is 11.0 Å². The van der Waals surface area contributed by atoms with Crippen molar-refractivity contribution in [2.24, 2.45) is 0 Å². The van der Waals surface area contributed by atoms with Crippen LogP contribution < -0.4 is 14.2 Å². The molecule has 128 valence electrons. The monoisotopic (exact) mass is 359 g/mol. The summed E-state index contributed by atoms with van der Waals surface area (Å²) >= 11 is 0. The SMILES string of the molecule is O=S(=O)(NCC1COc2ccccc2O1)c1ccc(F)c(F)c1F. The smallest absolute Gasteiger partial charge is 0.243 e. The van der Waals surface area contributed by atoms with E-state index in [9.17, 15) is 21.6 Å². The summed E-state index contributed by atoms with van der Waals surface area (Å²) in [6.07, 6.45) is -0.650. The number of para-hydroxylation sites is 2. The number of ether oxygens (including phenoxy) is 2. The molecule has 1 aliphatic heterocycles. The average Bonchev–Trinajstić information content (AvgIpc) is 2.57. The molecule has 2 aromatic rings. The van der Waals surface area contributed by atoms with Gasteiger partial charge in [-0.05, 0) is 24.3 Å². The zero-order chi connectivity index (χ0) is 17.3. The second kappa shape index (κ2) is 6.33. The van der Waals surface area contributed by atoms with Crippen LogP contribution in [0.25, 0.3) is 0 Å². The lowest BCUT2D eigenvalue weighted by molar-refractivity contribution is 0.0943. The third-order valence-corrected chi connectivity index (χ3v) is 4.80. The molecule has 0 saturated heterocycles. The Bertz CT molecular complexity index is 873. The Kier molecular flexibility index (Phi) is 4.37. The summed E-state index contributed by atoms with van der Waals surface area (Å²) in [5, 5.41) is 0. The topological polar surface area (TPSA) is 64.6 Å². The molecule has 1 N–H and O–H groups in total. The van der Waals surface area contributed by atoms with Gasteiger partial charge < -0.3 is 9.47 Å². The first-order chi connectivity index (χ1) is 11.4. The normalized spacial score (nSPS) is 16.9. The molecule has 9 heteroatoms. The minimum absolute atomic E-state index is 0.0831. The molecular formula is C15H12F3NO4S. The Hall–Kier alpha value is -2.26. The van der Waals surface area contributed by atoms with Crippen molar-refractivity contribution in [1.29, 1.82) is 0 Å². The molecule has 1 aliphatic rings. The molecule has 0 radical (unpaired) electrons. The Labute approximate surface area is 136 Å². The predicted molar refractivity (Wildman–Crippen MR) is 77.9 cm³/mol. The van der Waals surface area contributed by atoms with E-state index in [1.54, 1.807) is 24.3 Å². The zero-order valence-electron chi connectivity index (χ0n) is 12.1. The van der Waals surface area contributed by atoms with Crippen molar-refractivity contribution in [3.63, 3.8) is 0 Å². The molecule has 0 fully saturated rings. The minimum Gasteiger partial charge on any atom is -0.486 e. The highest BCUT2D eigenvalue weighted by Crippen LogP contribution is 2.30. The average molecular weight is 359 g/mol. The Balaban J connectivity index is 1.72. The lowest BCUT2D eigenvalue weighted by Crippen LogP contribution is -2.40. The van der Waals surface area contributed by atoms with Gasteiger partial charge in [-0.3, -0.25) is 0 Å². The first kappa shape index (κ1) is 16.6. The summed E-state index contributed by atoms with van der Waals surface area (Å²) in [4.78, 5) is -0.974. The second-order valence-corrected chi connectivity index (χ2v) is 6.76. The number of hydrogen-bond donors (Lipinski definition) is 1. The van der Waals surface area contributed by atoms with E-state index < -0.39 is 38.5 Å². The Morgan fingerprint density at radius 3 is 2.50 bits per heavy atom. The summed E-state index contributed by atoms with van der Waals surface area (Å²) in [5.41, 5.74) is 0. The van der Waals surface area contributed by atoms with Gasteiger partial charge in [0.25, 0.3) is 0 Å². The molecule has 1 atom stereocenters. The van der Waals surface area contributed by atoms with Crippen LogP contribution in [0.5, 0.6) is 11.5 Å². The summed E-state index contributed by atoms with van der Waals surface area (Å²) in [6.45, 7) is -0.144. The number of fused-ring (bicyclic) bond motifs is 1. The van der Waals surface area contributed by atoms with Gasteiger partial charge in [0.15, 0.2) is 29.0 Å². The number of nitrogens with one attached hydrogen (secondary N) is 1. The van der Waals surface area contributed by atoms with E-state index in [0.717, 1.165) is 0 Å². The van der Waals surface area contributed by atoms with Crippen LogP contribution >= 0.6 is 0 Å². The Morgan fingerprint density at radius 1 is 1.04 bits per heavy atom. The van der Waals surface area contributed by atoms with Gasteiger partial charge in [0.1, 0.15) is 17.6 Å². The molecule has 1 unspecified atom stereocenters. The maximum absolute atomic E-state index is 13.6. The fourth-order valence-electron chi connectivity index (χ4n) is 2.16. The molecule has 0 aliphatic carbocycles. The van der Waals surface area contributed by atoms with Crippen molar-refractivity contribution in [3.05, 3.63) is 53.8 Å². The lowest BCUT2D eigenvalue weighted by atomic mass is 10.2. The van der Waals surface area contributed by atoms with E-state index in [2.05, 4.69) is 4.72 Å². The summed E-state index contributed by atoms with van der Waals surface area (Å²) < 4.78 is 76.9. The van der Waals surface area contributed by atoms with Gasteiger partial charge in [-0.25, -0.2) is 26.3 Å². The minimum atomic E-state index is -4.37. The number of hydrogen-bond acceptors (Lipinski definition) is 4. The third kappa shape index (κ3) is 3.17. The fraction of sp³-hybridized carbons (Fsp3) is 0.200. The standard InChI is InChI=1S/C15H12F3NO4S/c16-10-5-6-13(15(18)14(10)17)24(20,21)19-7-9-8-22-11-3-1-2-4-12(11)23-9/h1-6,9,19H,7-8H2. The molecule has 2 aromatic carbocycles. The molecule has 0 spiro atoms. The molecule has 0 saturated carbocycles. The molecular weight excluding hydrogens is 347 g/mol. The van der Waals surface area contributed by atoms with Crippen molar-refractivity contribution in [1.82, 2.24) is 4.72 Å². The van der Waals surface area contributed by atoms with Crippen LogP contribution in [0.15, 0.2) is 41.3 Å². The number of halogens is 3. The molecule has 0 bridgehead atoms. The fourth-order valence-corrected chi connectivity index (χ4v) is 3.29. The van der Waals surface area contributed by atoms with Crippen LogP contribution in [0.1, 0.15) is 0 Å². The highest BCUT2D eigenvalue weighted by molar-refractivity contribution is 7.89. The molecule has 5 nitrogen and oxygen atoms in total. The maximum Gasteiger partial charge on any atom is 0.243 e. The van der Waals surface area contributed by atoms with Crippen molar-refractivity contribution < 1.29 is 31.1 Å². The first-order valence-electron chi connectivity index (χ1n) is 6.90. The van der Waals surface area contributed by atoms with E-state index in [1.807, 2.05) is 0 Å². The largest absolute Gasteiger partial charge is 0.486 e. The van der Waals surface area contributed by atoms with Gasteiger partial charge in [0.2, 0.25) is 10.0 Å². The third-order valence-electron chi connectivity index (χ3n) is 3.36. The van der Waals surface area contributed by atoms with E-state index in [1.165, 1.54) is 0 Å². The van der Waals surface area contributed by atoms with Crippen molar-refractivity contribution in [2.75, 3.05) is 13.2 Å². The van der Waals surface area contributed by atoms with Gasteiger partial charge in [-0.2, -0.15) is 0 Å². The lowest BCUT2D eigenvalue weighted by Gasteiger charge is -2.26. The first-order valence-corrected chi connectivity index (χ1v) is 8.38. The predicted octanol–water partition coefficient (Wildman–Crippen LogP) is 2.22. The van der Waals surface area contributed by atoms with Gasteiger partial charge in [0, 0.05) is 0 Å². The van der Waals surface area contributed by atoms with E-state index in [-0.39, 0.29) is 13.2 Å². The van der Waals surface area contributed by atoms with Crippen LogP contribution in [0.3, 0.4) is 0 Å². The van der Waals surface area contributed by atoms with Crippen LogP contribution in [-0.2, 0) is 10.0 Å². The van der Waals surface area contributed by atoms with E-state index in [0.29, 0.717) is 23.6 Å². The zero-order valence-corrected chi connectivity index (χ0v) is 12.9. The summed E-state index contributed by atoms with van der Waals surface area (Å²) in [5.74, 6) is -4.10. The Morgan fingerprint density at radius 2 is 1.75 bits per heavy atom. The molecule has 3 rings (SSSR count). The molecule has 1 heterocycles. The van der Waals surface area contributed by atoms with Crippen molar-refractivity contribution in [3.8, 4) is 11.5 Å². The highest BCUT2D eigenvalue weighted by atomic mass is 32.2. The van der Waals surface area contributed by atoms with Gasteiger partial charge in [-0.1, -0.05) is 12.1 Å². The maximum atomic E-state index is 13.6.